The zero-order valence-electron chi connectivity index (χ0n) is 18.1. The second kappa shape index (κ2) is 10.9. The highest BCUT2D eigenvalue weighted by atomic mass is 32.1. The number of carbonyl (C=O) groups excluding carboxylic acids is 2. The number of hydrazone groups is 1. The maximum Gasteiger partial charge on any atom is 0.287 e. The Morgan fingerprint density at radius 1 is 0.971 bits per heavy atom. The predicted molar refractivity (Wildman–Crippen MR) is 133 cm³/mol. The molecule has 2 heterocycles. The van der Waals surface area contributed by atoms with Gasteiger partial charge in [0.2, 0.25) is 0 Å². The number of benzene rings is 2. The molecule has 2 aromatic heterocycles. The van der Waals surface area contributed by atoms with Crippen molar-refractivity contribution < 1.29 is 18.9 Å². The highest BCUT2D eigenvalue weighted by Gasteiger charge is 2.15. The molecule has 0 atom stereocenters. The molecule has 0 radical (unpaired) electrons. The molecule has 2 N–H and O–H groups in total. The number of thiophene rings is 1. The highest BCUT2D eigenvalue weighted by molar-refractivity contribution is 7.10. The average molecular weight is 487 g/mol. The summed E-state index contributed by atoms with van der Waals surface area (Å²) < 4.78 is 5.67. The molecular weight excluding hydrogens is 468 g/mol. The van der Waals surface area contributed by atoms with Crippen LogP contribution in [-0.2, 0) is 4.79 Å². The Kier molecular flexibility index (Phi) is 7.24. The number of non-ortho nitro benzene ring substituents is 1. The van der Waals surface area contributed by atoms with E-state index in [4.69, 9.17) is 4.42 Å². The van der Waals surface area contributed by atoms with Crippen LogP contribution >= 0.6 is 11.3 Å². The first kappa shape index (κ1) is 23.3. The van der Waals surface area contributed by atoms with Gasteiger partial charge in [0.15, 0.2) is 0 Å². The van der Waals surface area contributed by atoms with Crippen molar-refractivity contribution in [3.8, 4) is 11.3 Å². The second-order valence-corrected chi connectivity index (χ2v) is 8.08. The van der Waals surface area contributed by atoms with Crippen LogP contribution < -0.4 is 10.7 Å². The van der Waals surface area contributed by atoms with E-state index in [-0.39, 0.29) is 11.4 Å². The van der Waals surface area contributed by atoms with Crippen molar-refractivity contribution in [2.24, 2.45) is 5.10 Å². The van der Waals surface area contributed by atoms with E-state index >= 15 is 0 Å². The van der Waals surface area contributed by atoms with Crippen molar-refractivity contribution in [1.82, 2.24) is 10.7 Å². The van der Waals surface area contributed by atoms with Crippen molar-refractivity contribution in [3.63, 3.8) is 0 Å². The van der Waals surface area contributed by atoms with Crippen LogP contribution in [0.4, 0.5) is 5.69 Å². The molecule has 0 bridgehead atoms. The van der Waals surface area contributed by atoms with Gasteiger partial charge in [0.1, 0.15) is 17.2 Å². The third-order valence-corrected chi connectivity index (χ3v) is 5.53. The minimum absolute atomic E-state index is 0.0180. The third kappa shape index (κ3) is 6.15. The van der Waals surface area contributed by atoms with Crippen LogP contribution in [0.5, 0.6) is 0 Å². The lowest BCUT2D eigenvalue weighted by atomic mass is 10.1. The van der Waals surface area contributed by atoms with Crippen molar-refractivity contribution in [1.29, 1.82) is 0 Å². The van der Waals surface area contributed by atoms with Crippen LogP contribution in [0, 0.1) is 10.1 Å². The maximum atomic E-state index is 12.8. The van der Waals surface area contributed by atoms with Gasteiger partial charge < -0.3 is 9.73 Å². The minimum Gasteiger partial charge on any atom is -0.455 e. The molecule has 4 aromatic rings. The molecule has 0 aliphatic rings. The first-order valence-electron chi connectivity index (χ1n) is 10.3. The molecule has 2 aromatic carbocycles. The molecule has 2 amide bonds. The number of rotatable bonds is 8. The number of nitrogens with one attached hydrogen (secondary N) is 2. The fourth-order valence-corrected chi connectivity index (χ4v) is 3.65. The summed E-state index contributed by atoms with van der Waals surface area (Å²) in [6, 6.07) is 21.5. The van der Waals surface area contributed by atoms with E-state index in [1.807, 2.05) is 17.5 Å². The summed E-state index contributed by atoms with van der Waals surface area (Å²) in [7, 11) is 0. The van der Waals surface area contributed by atoms with E-state index in [1.165, 1.54) is 29.7 Å². The lowest BCUT2D eigenvalue weighted by molar-refractivity contribution is -0.384. The van der Waals surface area contributed by atoms with Crippen LogP contribution in [0.2, 0.25) is 0 Å². The molecule has 0 fully saturated rings. The monoisotopic (exact) mass is 486 g/mol. The lowest BCUT2D eigenvalue weighted by Gasteiger charge is -2.08. The van der Waals surface area contributed by atoms with E-state index in [2.05, 4.69) is 15.8 Å². The van der Waals surface area contributed by atoms with Crippen molar-refractivity contribution >= 4 is 41.1 Å². The molecule has 0 aliphatic heterocycles. The summed E-state index contributed by atoms with van der Waals surface area (Å²) in [6.07, 6.45) is 2.88. The van der Waals surface area contributed by atoms with Crippen LogP contribution in [0.1, 0.15) is 21.0 Å². The Bertz CT molecular complexity index is 1390. The summed E-state index contributed by atoms with van der Waals surface area (Å²) in [5, 5.41) is 19.2. The second-order valence-electron chi connectivity index (χ2n) is 7.10. The van der Waals surface area contributed by atoms with E-state index in [0.29, 0.717) is 22.6 Å². The number of hydrogen-bond acceptors (Lipinski definition) is 7. The highest BCUT2D eigenvalue weighted by Crippen LogP contribution is 2.24. The van der Waals surface area contributed by atoms with Crippen LogP contribution in [-0.4, -0.2) is 23.0 Å². The Morgan fingerprint density at radius 3 is 2.43 bits per heavy atom. The Balaban J connectivity index is 1.44. The number of carbonyl (C=O) groups is 2. The fourth-order valence-electron chi connectivity index (χ4n) is 3.00. The quantitative estimate of drug-likeness (QED) is 0.159. The van der Waals surface area contributed by atoms with Crippen molar-refractivity contribution in [2.75, 3.05) is 0 Å². The van der Waals surface area contributed by atoms with Gasteiger partial charge in [-0.15, -0.1) is 11.3 Å². The number of nitrogens with zero attached hydrogens (tertiary/aromatic N) is 2. The first-order chi connectivity index (χ1) is 17.0. The molecule has 10 heteroatoms. The minimum atomic E-state index is -0.610. The summed E-state index contributed by atoms with van der Waals surface area (Å²) in [5.41, 5.74) is 3.47. The van der Waals surface area contributed by atoms with Gasteiger partial charge in [0, 0.05) is 28.1 Å². The van der Waals surface area contributed by atoms with Gasteiger partial charge in [-0.3, -0.25) is 19.7 Å². The summed E-state index contributed by atoms with van der Waals surface area (Å²) >= 11 is 1.42. The number of nitro benzene ring substituents is 1. The van der Waals surface area contributed by atoms with Crippen LogP contribution in [0.25, 0.3) is 17.4 Å². The largest absolute Gasteiger partial charge is 0.455 e. The molecule has 35 heavy (non-hydrogen) atoms. The molecule has 0 saturated heterocycles. The summed E-state index contributed by atoms with van der Waals surface area (Å²) in [6.45, 7) is 0. The van der Waals surface area contributed by atoms with Gasteiger partial charge in [-0.1, -0.05) is 24.3 Å². The molecule has 0 saturated carbocycles. The number of amides is 2. The fraction of sp³-hybridized carbons (Fsp3) is 0. The molecule has 4 rings (SSSR count). The van der Waals surface area contributed by atoms with E-state index in [1.54, 1.807) is 60.7 Å². The smallest absolute Gasteiger partial charge is 0.287 e. The van der Waals surface area contributed by atoms with E-state index in [9.17, 15) is 19.7 Å². The van der Waals surface area contributed by atoms with E-state index in [0.717, 1.165) is 4.88 Å². The van der Waals surface area contributed by atoms with Crippen LogP contribution in [0.3, 0.4) is 0 Å². The number of nitro groups is 1. The van der Waals surface area contributed by atoms with Gasteiger partial charge >= 0.3 is 0 Å². The normalized spacial score (nSPS) is 11.4. The lowest BCUT2D eigenvalue weighted by Crippen LogP contribution is -2.32. The molecular formula is C25H18N4O5S. The number of furan rings is 1. The van der Waals surface area contributed by atoms with Gasteiger partial charge in [-0.25, -0.2) is 5.43 Å². The summed E-state index contributed by atoms with van der Waals surface area (Å²) in [4.78, 5) is 36.4. The average Bonchev–Trinajstić information content (AvgIpc) is 3.56. The van der Waals surface area contributed by atoms with Crippen molar-refractivity contribution in [2.45, 2.75) is 0 Å². The molecule has 0 spiro atoms. The first-order valence-corrected chi connectivity index (χ1v) is 11.2. The SMILES string of the molecule is O=C(N/N=C/c1ccc(-c2ccc([N+](=O)[O-])cc2)o1)/C(=C\c1cccs1)NC(=O)c1ccccc1. The van der Waals surface area contributed by atoms with Gasteiger partial charge in [0.25, 0.3) is 17.5 Å². The summed E-state index contributed by atoms with van der Waals surface area (Å²) in [5.74, 6) is -0.191. The van der Waals surface area contributed by atoms with Gasteiger partial charge in [-0.2, -0.15) is 5.10 Å². The molecule has 174 valence electrons. The van der Waals surface area contributed by atoms with Gasteiger partial charge in [0.05, 0.1) is 11.1 Å². The Hall–Kier alpha value is -4.83. The molecule has 0 unspecified atom stereocenters. The molecule has 9 nitrogen and oxygen atoms in total. The zero-order valence-corrected chi connectivity index (χ0v) is 18.9. The van der Waals surface area contributed by atoms with Gasteiger partial charge in [-0.05, 0) is 53.9 Å². The third-order valence-electron chi connectivity index (χ3n) is 4.71. The predicted octanol–water partition coefficient (Wildman–Crippen LogP) is 4.84. The topological polar surface area (TPSA) is 127 Å². The van der Waals surface area contributed by atoms with Crippen LogP contribution in [0.15, 0.2) is 99.5 Å². The maximum absolute atomic E-state index is 12.8. The molecule has 0 aliphatic carbocycles. The Labute approximate surface area is 203 Å². The standard InChI is InChI=1S/C25H18N4O5S/c30-24(18-5-2-1-3-6-18)27-22(15-21-7-4-14-35-21)25(31)28-26-16-20-12-13-23(34-20)17-8-10-19(11-9-17)29(32)33/h1-16H,(H,27,30)(H,28,31)/b22-15+,26-16+. The zero-order chi connectivity index (χ0) is 24.6. The Morgan fingerprint density at radius 2 is 1.74 bits per heavy atom. The van der Waals surface area contributed by atoms with E-state index < -0.39 is 16.7 Å². The van der Waals surface area contributed by atoms with Crippen molar-refractivity contribution in [3.05, 3.63) is 116 Å². The number of hydrogen-bond donors (Lipinski definition) is 2.